The number of rotatable bonds is 9. The Balaban J connectivity index is 1.70. The van der Waals surface area contributed by atoms with E-state index in [9.17, 15) is 19.5 Å². The number of halogens is 1. The Kier molecular flexibility index (Phi) is 9.73. The SMILES string of the molecule is CCOC(=O)C[C@H](NC(=O)CNC(=O)c1cc(O)cc(NC2=NCCN2)c1)c1cc(Br)cc(C(C)(C)C)c1. The molecule has 204 valence electrons. The molecule has 0 saturated heterocycles. The quantitative estimate of drug-likeness (QED) is 0.283. The van der Waals surface area contributed by atoms with Gasteiger partial charge in [-0.2, -0.15) is 0 Å². The molecule has 0 radical (unpaired) electrons. The third kappa shape index (κ3) is 8.47. The van der Waals surface area contributed by atoms with Crippen molar-refractivity contribution >= 4 is 45.4 Å². The number of hydrogen-bond donors (Lipinski definition) is 5. The number of anilines is 1. The minimum Gasteiger partial charge on any atom is -0.508 e. The first-order chi connectivity index (χ1) is 17.9. The van der Waals surface area contributed by atoms with Crippen LogP contribution in [-0.4, -0.2) is 55.1 Å². The fraction of sp³-hybridized carbons (Fsp3) is 0.407. The van der Waals surface area contributed by atoms with Crippen molar-refractivity contribution in [3.8, 4) is 5.75 Å². The number of phenolic OH excluding ortho intramolecular Hbond substituents is 1. The Labute approximate surface area is 230 Å². The van der Waals surface area contributed by atoms with E-state index >= 15 is 0 Å². The van der Waals surface area contributed by atoms with Crippen LogP contribution in [-0.2, 0) is 19.7 Å². The van der Waals surface area contributed by atoms with Gasteiger partial charge in [-0.1, -0.05) is 42.8 Å². The fourth-order valence-corrected chi connectivity index (χ4v) is 4.34. The molecule has 3 rings (SSSR count). The second kappa shape index (κ2) is 12.8. The molecule has 1 aliphatic heterocycles. The van der Waals surface area contributed by atoms with E-state index in [0.717, 1.165) is 15.6 Å². The Hall–Kier alpha value is -3.60. The lowest BCUT2D eigenvalue weighted by atomic mass is 9.85. The van der Waals surface area contributed by atoms with Crippen LogP contribution in [0, 0.1) is 0 Å². The van der Waals surface area contributed by atoms with Gasteiger partial charge in [-0.05, 0) is 47.7 Å². The summed E-state index contributed by atoms with van der Waals surface area (Å²) >= 11 is 3.53. The average Bonchev–Trinajstić information content (AvgIpc) is 3.34. The van der Waals surface area contributed by atoms with E-state index in [0.29, 0.717) is 24.7 Å². The van der Waals surface area contributed by atoms with Gasteiger partial charge < -0.3 is 31.1 Å². The lowest BCUT2D eigenvalue weighted by Crippen LogP contribution is -2.39. The molecule has 2 aromatic carbocycles. The minimum atomic E-state index is -0.659. The Bertz CT molecular complexity index is 1220. The number of amides is 2. The number of esters is 1. The zero-order valence-electron chi connectivity index (χ0n) is 22.0. The van der Waals surface area contributed by atoms with E-state index in [-0.39, 0.29) is 36.3 Å². The van der Waals surface area contributed by atoms with Crippen molar-refractivity contribution in [1.82, 2.24) is 16.0 Å². The third-order valence-electron chi connectivity index (χ3n) is 5.73. The summed E-state index contributed by atoms with van der Waals surface area (Å²) in [5.41, 5.74) is 2.27. The second-order valence-corrected chi connectivity index (χ2v) is 10.8. The molecule has 0 saturated carbocycles. The summed E-state index contributed by atoms with van der Waals surface area (Å²) in [5, 5.41) is 21.5. The van der Waals surface area contributed by atoms with Crippen molar-refractivity contribution in [2.24, 2.45) is 4.99 Å². The van der Waals surface area contributed by atoms with E-state index in [4.69, 9.17) is 4.74 Å². The first-order valence-corrected chi connectivity index (χ1v) is 13.2. The van der Waals surface area contributed by atoms with Crippen LogP contribution in [0.25, 0.3) is 0 Å². The number of guanidine groups is 1. The number of ether oxygens (including phenoxy) is 1. The minimum absolute atomic E-state index is 0.0624. The lowest BCUT2D eigenvalue weighted by molar-refractivity contribution is -0.143. The van der Waals surface area contributed by atoms with Crippen molar-refractivity contribution in [1.29, 1.82) is 0 Å². The number of carbonyl (C=O) groups excluding carboxylic acids is 3. The predicted molar refractivity (Wildman–Crippen MR) is 149 cm³/mol. The van der Waals surface area contributed by atoms with Crippen LogP contribution in [0.15, 0.2) is 45.9 Å². The molecule has 1 aliphatic rings. The molecule has 0 fully saturated rings. The number of phenols is 1. The smallest absolute Gasteiger partial charge is 0.308 e. The summed E-state index contributed by atoms with van der Waals surface area (Å²) in [5.74, 6) is -1.02. The van der Waals surface area contributed by atoms with Crippen LogP contribution < -0.4 is 21.3 Å². The van der Waals surface area contributed by atoms with Crippen molar-refractivity contribution in [3.63, 3.8) is 0 Å². The number of hydrogen-bond acceptors (Lipinski definition) is 8. The number of nitrogens with one attached hydrogen (secondary N) is 4. The standard InChI is InChI=1S/C27H34BrN5O5/c1-5-38-24(36)14-22(16-8-18(27(2,3)4)12-19(28)9-16)33-23(35)15-31-25(37)17-10-20(13-21(34)11-17)32-26-29-6-7-30-26/h8-13,22,34H,5-7,14-15H2,1-4H3,(H,31,37)(H,33,35)(H2,29,30,32)/t22-/m0/s1. The summed E-state index contributed by atoms with van der Waals surface area (Å²) in [6.45, 7) is 9.19. The van der Waals surface area contributed by atoms with Gasteiger partial charge in [-0.15, -0.1) is 0 Å². The molecule has 0 aromatic heterocycles. The molecule has 0 bridgehead atoms. The monoisotopic (exact) mass is 587 g/mol. The van der Waals surface area contributed by atoms with Crippen LogP contribution in [0.1, 0.15) is 61.6 Å². The van der Waals surface area contributed by atoms with Gasteiger partial charge in [0.1, 0.15) is 5.75 Å². The molecule has 38 heavy (non-hydrogen) atoms. The molecule has 1 heterocycles. The van der Waals surface area contributed by atoms with Gasteiger partial charge in [0, 0.05) is 28.3 Å². The molecular formula is C27H34BrN5O5. The van der Waals surface area contributed by atoms with Gasteiger partial charge in [-0.3, -0.25) is 19.4 Å². The van der Waals surface area contributed by atoms with Crippen molar-refractivity contribution in [2.45, 2.75) is 45.6 Å². The molecule has 10 nitrogen and oxygen atoms in total. The van der Waals surface area contributed by atoms with Gasteiger partial charge >= 0.3 is 5.97 Å². The summed E-state index contributed by atoms with van der Waals surface area (Å²) in [4.78, 5) is 42.2. The normalized spacial score (nSPS) is 13.7. The maximum absolute atomic E-state index is 12.9. The zero-order chi connectivity index (χ0) is 27.9. The number of carbonyl (C=O) groups is 3. The highest BCUT2D eigenvalue weighted by molar-refractivity contribution is 9.10. The first-order valence-electron chi connectivity index (χ1n) is 12.4. The molecule has 2 aromatic rings. The number of benzene rings is 2. The molecule has 0 unspecified atom stereocenters. The van der Waals surface area contributed by atoms with E-state index < -0.39 is 23.8 Å². The van der Waals surface area contributed by atoms with Gasteiger partial charge in [0.2, 0.25) is 5.91 Å². The van der Waals surface area contributed by atoms with Gasteiger partial charge in [0.15, 0.2) is 5.96 Å². The summed E-state index contributed by atoms with van der Waals surface area (Å²) in [6, 6.07) is 9.47. The van der Waals surface area contributed by atoms with Crippen LogP contribution >= 0.6 is 15.9 Å². The van der Waals surface area contributed by atoms with Crippen LogP contribution in [0.2, 0.25) is 0 Å². The first kappa shape index (κ1) is 29.0. The van der Waals surface area contributed by atoms with Gasteiger partial charge in [0.25, 0.3) is 5.91 Å². The average molecular weight is 589 g/mol. The number of nitrogens with zero attached hydrogens (tertiary/aromatic N) is 1. The van der Waals surface area contributed by atoms with Crippen molar-refractivity contribution in [2.75, 3.05) is 31.6 Å². The Morgan fingerprint density at radius 3 is 2.58 bits per heavy atom. The van der Waals surface area contributed by atoms with E-state index in [1.165, 1.54) is 12.1 Å². The highest BCUT2D eigenvalue weighted by Crippen LogP contribution is 2.30. The molecule has 11 heteroatoms. The largest absolute Gasteiger partial charge is 0.508 e. The van der Waals surface area contributed by atoms with Crippen molar-refractivity contribution in [3.05, 3.63) is 57.6 Å². The van der Waals surface area contributed by atoms with E-state index in [1.54, 1.807) is 13.0 Å². The van der Waals surface area contributed by atoms with Crippen LogP contribution in [0.3, 0.4) is 0 Å². The van der Waals surface area contributed by atoms with Crippen molar-refractivity contribution < 1.29 is 24.2 Å². The summed E-state index contributed by atoms with van der Waals surface area (Å²) in [6.07, 6.45) is -0.0624. The second-order valence-electron chi connectivity index (χ2n) is 9.89. The zero-order valence-corrected chi connectivity index (χ0v) is 23.6. The number of aliphatic imine (C=N–C) groups is 1. The Morgan fingerprint density at radius 1 is 1.16 bits per heavy atom. The summed E-state index contributed by atoms with van der Waals surface area (Å²) < 4.78 is 5.94. The maximum atomic E-state index is 12.9. The molecule has 2 amide bonds. The molecule has 5 N–H and O–H groups in total. The fourth-order valence-electron chi connectivity index (χ4n) is 3.83. The molecule has 0 spiro atoms. The maximum Gasteiger partial charge on any atom is 0.308 e. The highest BCUT2D eigenvalue weighted by atomic mass is 79.9. The molecule has 1 atom stereocenters. The predicted octanol–water partition coefficient (Wildman–Crippen LogP) is 3.36. The topological polar surface area (TPSA) is 141 Å². The van der Waals surface area contributed by atoms with Gasteiger partial charge in [0.05, 0.1) is 32.2 Å². The van der Waals surface area contributed by atoms with Gasteiger partial charge in [-0.25, -0.2) is 0 Å². The third-order valence-corrected chi connectivity index (χ3v) is 6.18. The Morgan fingerprint density at radius 2 is 1.92 bits per heavy atom. The lowest BCUT2D eigenvalue weighted by Gasteiger charge is -2.24. The summed E-state index contributed by atoms with van der Waals surface area (Å²) in [7, 11) is 0. The number of aromatic hydroxyl groups is 1. The van der Waals surface area contributed by atoms with Crippen LogP contribution in [0.4, 0.5) is 5.69 Å². The van der Waals surface area contributed by atoms with E-state index in [2.05, 4.69) is 63.0 Å². The highest BCUT2D eigenvalue weighted by Gasteiger charge is 2.23. The van der Waals surface area contributed by atoms with Crippen LogP contribution in [0.5, 0.6) is 5.75 Å². The van der Waals surface area contributed by atoms with E-state index in [1.807, 2.05) is 18.2 Å². The molecule has 0 aliphatic carbocycles. The molecular weight excluding hydrogens is 554 g/mol.